The molecule has 1 saturated heterocycles. The lowest BCUT2D eigenvalue weighted by atomic mass is 9.94. The van der Waals surface area contributed by atoms with E-state index in [1.807, 2.05) is 0 Å². The molecule has 0 bridgehead atoms. The Labute approximate surface area is 108 Å². The molecule has 1 aromatic rings. The largest absolute Gasteiger partial charge is 0.364 e. The van der Waals surface area contributed by atoms with E-state index in [1.165, 1.54) is 0 Å². The van der Waals surface area contributed by atoms with Gasteiger partial charge in [0.15, 0.2) is 5.78 Å². The zero-order valence-electron chi connectivity index (χ0n) is 10.1. The number of aromatic nitrogens is 1. The highest BCUT2D eigenvalue weighted by Gasteiger charge is 2.38. The molecule has 2 aliphatic rings. The van der Waals surface area contributed by atoms with Crippen LogP contribution in [0, 0.1) is 6.92 Å². The van der Waals surface area contributed by atoms with Gasteiger partial charge in [-0.15, -0.1) is 0 Å². The monoisotopic (exact) mass is 255 g/mol. The molecule has 1 aliphatic carbocycles. The first-order chi connectivity index (χ1) is 9.13. The molecule has 0 saturated carbocycles. The molecule has 0 atom stereocenters. The van der Waals surface area contributed by atoms with E-state index in [0.717, 1.165) is 0 Å². The molecule has 7 nitrogen and oxygen atoms in total. The molecule has 7 heteroatoms. The van der Waals surface area contributed by atoms with Crippen LogP contribution in [0.15, 0.2) is 28.6 Å². The van der Waals surface area contributed by atoms with Crippen molar-refractivity contribution in [2.45, 2.75) is 6.92 Å². The van der Waals surface area contributed by atoms with Crippen LogP contribution in [-0.2, 0) is 0 Å². The second-order valence-corrected chi connectivity index (χ2v) is 4.38. The molecule has 0 amide bonds. The second-order valence-electron chi connectivity index (χ2n) is 4.38. The Bertz CT molecular complexity index is 696. The van der Waals surface area contributed by atoms with E-state index in [2.05, 4.69) is 15.0 Å². The maximum atomic E-state index is 12.4. The summed E-state index contributed by atoms with van der Waals surface area (Å²) in [7, 11) is 0. The Morgan fingerprint density at radius 1 is 1.32 bits per heavy atom. The van der Waals surface area contributed by atoms with E-state index in [4.69, 9.17) is 5.53 Å². The predicted octanol–water partition coefficient (Wildman–Crippen LogP) is 1.61. The number of hydrogen-bond acceptors (Lipinski definition) is 5. The van der Waals surface area contributed by atoms with Crippen molar-refractivity contribution in [2.24, 2.45) is 5.11 Å². The molecular weight excluding hydrogens is 246 g/mol. The molecule has 0 aromatic carbocycles. The molecule has 2 heterocycles. The Balaban J connectivity index is 2.25. The molecule has 0 N–H and O–H groups in total. The number of carbonyl (C=O) groups excluding carboxylic acids is 2. The number of fused-ring (bicyclic) bond motifs is 1. The standard InChI is InChI=1S/C12H9N5O2/c1-6-2-3-7-8(14-6)12(19)10(17-4-5-17)9(11(7)18)15-16-13/h2-3H,4-5H2,1H3. The average Bonchev–Trinajstić information content (AvgIpc) is 3.20. The van der Waals surface area contributed by atoms with Gasteiger partial charge in [0, 0.05) is 23.7 Å². The van der Waals surface area contributed by atoms with Crippen LogP contribution in [0.25, 0.3) is 10.4 Å². The lowest BCUT2D eigenvalue weighted by molar-refractivity contribution is 0.0955. The van der Waals surface area contributed by atoms with E-state index in [1.54, 1.807) is 24.0 Å². The summed E-state index contributed by atoms with van der Waals surface area (Å²) in [5, 5.41) is 3.40. The van der Waals surface area contributed by atoms with E-state index < -0.39 is 5.78 Å². The highest BCUT2D eigenvalue weighted by molar-refractivity contribution is 6.25. The van der Waals surface area contributed by atoms with E-state index in [9.17, 15) is 9.59 Å². The summed E-state index contributed by atoms with van der Waals surface area (Å²) >= 11 is 0. The zero-order valence-corrected chi connectivity index (χ0v) is 10.1. The third kappa shape index (κ3) is 1.68. The number of aryl methyl sites for hydroxylation is 1. The minimum atomic E-state index is -0.443. The first kappa shape index (κ1) is 11.4. The van der Waals surface area contributed by atoms with Crippen molar-refractivity contribution in [1.29, 1.82) is 0 Å². The maximum Gasteiger partial charge on any atom is 0.228 e. The third-order valence-corrected chi connectivity index (χ3v) is 3.06. The fourth-order valence-corrected chi connectivity index (χ4v) is 2.07. The maximum absolute atomic E-state index is 12.4. The van der Waals surface area contributed by atoms with E-state index in [0.29, 0.717) is 18.8 Å². The van der Waals surface area contributed by atoms with Crippen LogP contribution in [0.4, 0.5) is 0 Å². The Hall–Kier alpha value is -2.66. The van der Waals surface area contributed by atoms with Crippen molar-refractivity contribution in [1.82, 2.24) is 9.88 Å². The number of pyridine rings is 1. The molecule has 1 aliphatic heterocycles. The van der Waals surface area contributed by atoms with Crippen LogP contribution in [0.2, 0.25) is 0 Å². The molecule has 19 heavy (non-hydrogen) atoms. The number of allylic oxidation sites excluding steroid dienone is 2. The topological polar surface area (TPSA) is 98.8 Å². The van der Waals surface area contributed by atoms with Crippen LogP contribution in [0.1, 0.15) is 26.5 Å². The molecule has 94 valence electrons. The summed E-state index contributed by atoms with van der Waals surface area (Å²) in [6, 6.07) is 3.20. The van der Waals surface area contributed by atoms with Gasteiger partial charge in [-0.2, -0.15) is 0 Å². The van der Waals surface area contributed by atoms with Gasteiger partial charge in [-0.3, -0.25) is 9.59 Å². The van der Waals surface area contributed by atoms with Crippen LogP contribution >= 0.6 is 0 Å². The minimum Gasteiger partial charge on any atom is -0.364 e. The fourth-order valence-electron chi connectivity index (χ4n) is 2.07. The van der Waals surface area contributed by atoms with Gasteiger partial charge >= 0.3 is 0 Å². The highest BCUT2D eigenvalue weighted by Crippen LogP contribution is 2.31. The lowest BCUT2D eigenvalue weighted by Gasteiger charge is -2.18. The smallest absolute Gasteiger partial charge is 0.228 e. The normalized spacial score (nSPS) is 17.2. The van der Waals surface area contributed by atoms with Crippen molar-refractivity contribution in [3.63, 3.8) is 0 Å². The summed E-state index contributed by atoms with van der Waals surface area (Å²) in [6.07, 6.45) is 0. The number of carbonyl (C=O) groups is 2. The number of rotatable bonds is 2. The first-order valence-electron chi connectivity index (χ1n) is 5.75. The SMILES string of the molecule is Cc1ccc2c(n1)C(=O)C(N1CC1)=C(N=[N+]=[N-])C2=O. The number of azide groups is 1. The number of hydrogen-bond donors (Lipinski definition) is 0. The molecule has 0 unspecified atom stereocenters. The lowest BCUT2D eigenvalue weighted by Crippen LogP contribution is -2.26. The van der Waals surface area contributed by atoms with Crippen molar-refractivity contribution in [2.75, 3.05) is 13.1 Å². The van der Waals surface area contributed by atoms with Crippen molar-refractivity contribution < 1.29 is 9.59 Å². The van der Waals surface area contributed by atoms with E-state index in [-0.39, 0.29) is 28.4 Å². The molecule has 0 radical (unpaired) electrons. The molecule has 3 rings (SSSR count). The van der Waals surface area contributed by atoms with Crippen molar-refractivity contribution in [3.05, 3.63) is 50.9 Å². The molecule has 0 spiro atoms. The van der Waals surface area contributed by atoms with Gasteiger partial charge in [0.05, 0.1) is 5.56 Å². The quantitative estimate of drug-likeness (QED) is 0.347. The third-order valence-electron chi connectivity index (χ3n) is 3.06. The van der Waals surface area contributed by atoms with Crippen LogP contribution in [0.5, 0.6) is 0 Å². The van der Waals surface area contributed by atoms with Crippen molar-refractivity contribution in [3.8, 4) is 0 Å². The summed E-state index contributed by atoms with van der Waals surface area (Å²) in [5.41, 5.74) is 9.62. The van der Waals surface area contributed by atoms with Gasteiger partial charge in [-0.25, -0.2) is 4.98 Å². The van der Waals surface area contributed by atoms with Crippen molar-refractivity contribution >= 4 is 11.6 Å². The predicted molar refractivity (Wildman–Crippen MR) is 65.4 cm³/mol. The average molecular weight is 255 g/mol. The molecule has 1 fully saturated rings. The van der Waals surface area contributed by atoms with Gasteiger partial charge in [-0.1, -0.05) is 5.11 Å². The van der Waals surface area contributed by atoms with Crippen LogP contribution < -0.4 is 0 Å². The summed E-state index contributed by atoms with van der Waals surface area (Å²) < 4.78 is 0. The fraction of sp³-hybridized carbons (Fsp3) is 0.250. The van der Waals surface area contributed by atoms with Crippen LogP contribution in [-0.4, -0.2) is 34.5 Å². The van der Waals surface area contributed by atoms with Gasteiger partial charge < -0.3 is 4.90 Å². The van der Waals surface area contributed by atoms with Gasteiger partial charge in [0.25, 0.3) is 0 Å². The Morgan fingerprint density at radius 2 is 2.05 bits per heavy atom. The Kier molecular flexibility index (Phi) is 2.36. The number of nitrogens with zero attached hydrogens (tertiary/aromatic N) is 5. The van der Waals surface area contributed by atoms with Gasteiger partial charge in [-0.05, 0) is 24.6 Å². The molecular formula is C12H9N5O2. The zero-order chi connectivity index (χ0) is 13.6. The van der Waals surface area contributed by atoms with E-state index >= 15 is 0 Å². The second kappa shape index (κ2) is 3.93. The van der Waals surface area contributed by atoms with Gasteiger partial charge in [0.2, 0.25) is 5.78 Å². The summed E-state index contributed by atoms with van der Waals surface area (Å²) in [4.78, 5) is 33.1. The number of ketones is 2. The van der Waals surface area contributed by atoms with Gasteiger partial charge in [0.1, 0.15) is 17.1 Å². The first-order valence-corrected chi connectivity index (χ1v) is 5.75. The summed E-state index contributed by atoms with van der Waals surface area (Å²) in [6.45, 7) is 3.11. The Morgan fingerprint density at radius 3 is 2.68 bits per heavy atom. The highest BCUT2D eigenvalue weighted by atomic mass is 16.1. The minimum absolute atomic E-state index is 0.122. The molecule has 1 aromatic heterocycles. The summed E-state index contributed by atoms with van der Waals surface area (Å²) in [5.74, 6) is -0.792. The number of Topliss-reactive ketones (excluding diaryl/α,β-unsaturated/α-hetero) is 2. The van der Waals surface area contributed by atoms with Crippen LogP contribution in [0.3, 0.4) is 0 Å².